The molecule has 6 heteroatoms. The van der Waals surface area contributed by atoms with E-state index in [1.165, 1.54) is 12.1 Å². The lowest BCUT2D eigenvalue weighted by molar-refractivity contribution is 0.455. The number of imidazole rings is 1. The van der Waals surface area contributed by atoms with Crippen LogP contribution in [0.2, 0.25) is 5.02 Å². The molecule has 0 amide bonds. The van der Waals surface area contributed by atoms with E-state index >= 15 is 0 Å². The first-order chi connectivity index (χ1) is 9.69. The summed E-state index contributed by atoms with van der Waals surface area (Å²) in [6.45, 7) is 0.261. The zero-order valence-electron chi connectivity index (χ0n) is 10.4. The molecule has 1 aromatic carbocycles. The Bertz CT molecular complexity index is 772. The first-order valence-corrected chi connectivity index (χ1v) is 6.36. The first-order valence-electron chi connectivity index (χ1n) is 5.98. The van der Waals surface area contributed by atoms with E-state index in [1.807, 2.05) is 28.8 Å². The maximum atomic E-state index is 13.4. The molecule has 0 fully saturated rings. The maximum absolute atomic E-state index is 13.4. The molecule has 20 heavy (non-hydrogen) atoms. The van der Waals surface area contributed by atoms with Crippen molar-refractivity contribution in [3.63, 3.8) is 0 Å². The van der Waals surface area contributed by atoms with Crippen LogP contribution in [-0.2, 0) is 6.54 Å². The largest absolute Gasteiger partial charge is 0.437 e. The van der Waals surface area contributed by atoms with Crippen molar-refractivity contribution in [2.75, 3.05) is 0 Å². The van der Waals surface area contributed by atoms with Crippen molar-refractivity contribution in [1.29, 1.82) is 0 Å². The fourth-order valence-electron chi connectivity index (χ4n) is 1.94. The van der Waals surface area contributed by atoms with Crippen LogP contribution in [0, 0.1) is 5.82 Å². The van der Waals surface area contributed by atoms with Crippen LogP contribution in [0.3, 0.4) is 0 Å². The number of fused-ring (bicyclic) bond motifs is 1. The highest BCUT2D eigenvalue weighted by Crippen LogP contribution is 2.28. The van der Waals surface area contributed by atoms with Crippen molar-refractivity contribution < 1.29 is 9.13 Å². The molecule has 2 heterocycles. The van der Waals surface area contributed by atoms with E-state index in [0.29, 0.717) is 11.6 Å². The normalized spacial score (nSPS) is 10.9. The Balaban J connectivity index is 2.03. The SMILES string of the molecule is NCc1c(Oc2ccc(Cl)c(F)c2)nc2ccccn12. The Morgan fingerprint density at radius 1 is 1.30 bits per heavy atom. The summed E-state index contributed by atoms with van der Waals surface area (Å²) >= 11 is 5.64. The summed E-state index contributed by atoms with van der Waals surface area (Å²) in [5.74, 6) is 0.146. The van der Waals surface area contributed by atoms with Gasteiger partial charge in [0.25, 0.3) is 0 Å². The molecular formula is C14H11ClFN3O. The van der Waals surface area contributed by atoms with Crippen LogP contribution < -0.4 is 10.5 Å². The number of halogens is 2. The monoisotopic (exact) mass is 291 g/mol. The third-order valence-electron chi connectivity index (χ3n) is 2.89. The van der Waals surface area contributed by atoms with Crippen LogP contribution >= 0.6 is 11.6 Å². The molecule has 0 aliphatic heterocycles. The van der Waals surface area contributed by atoms with Crippen molar-refractivity contribution in [2.24, 2.45) is 5.73 Å². The number of hydrogen-bond acceptors (Lipinski definition) is 3. The number of nitrogens with zero attached hydrogens (tertiary/aromatic N) is 2. The predicted molar refractivity (Wildman–Crippen MR) is 74.6 cm³/mol. The molecule has 4 nitrogen and oxygen atoms in total. The van der Waals surface area contributed by atoms with Gasteiger partial charge in [-0.05, 0) is 24.3 Å². The molecule has 3 aromatic rings. The summed E-state index contributed by atoms with van der Waals surface area (Å²) in [5, 5.41) is 0.0476. The van der Waals surface area contributed by atoms with E-state index in [-0.39, 0.29) is 11.6 Å². The Kier molecular flexibility index (Phi) is 3.30. The predicted octanol–water partition coefficient (Wildman–Crippen LogP) is 3.38. The molecule has 0 bridgehead atoms. The molecule has 0 saturated carbocycles. The quantitative estimate of drug-likeness (QED) is 0.805. The lowest BCUT2D eigenvalue weighted by Gasteiger charge is -2.05. The second-order valence-electron chi connectivity index (χ2n) is 4.17. The van der Waals surface area contributed by atoms with Gasteiger partial charge in [-0.1, -0.05) is 17.7 Å². The number of benzene rings is 1. The summed E-state index contributed by atoms with van der Waals surface area (Å²) in [6, 6.07) is 9.81. The van der Waals surface area contributed by atoms with E-state index in [4.69, 9.17) is 22.1 Å². The topological polar surface area (TPSA) is 52.5 Å². The second-order valence-corrected chi connectivity index (χ2v) is 4.58. The summed E-state index contributed by atoms with van der Waals surface area (Å²) in [5.41, 5.74) is 7.17. The molecule has 0 aliphatic carbocycles. The van der Waals surface area contributed by atoms with Gasteiger partial charge in [0.1, 0.15) is 22.9 Å². The number of ether oxygens (including phenoxy) is 1. The zero-order chi connectivity index (χ0) is 14.1. The summed E-state index contributed by atoms with van der Waals surface area (Å²) in [4.78, 5) is 4.34. The lowest BCUT2D eigenvalue weighted by atomic mass is 10.3. The van der Waals surface area contributed by atoms with Gasteiger partial charge in [0.15, 0.2) is 0 Å². The summed E-state index contributed by atoms with van der Waals surface area (Å²) < 4.78 is 20.9. The van der Waals surface area contributed by atoms with E-state index in [1.54, 1.807) is 6.07 Å². The average Bonchev–Trinajstić information content (AvgIpc) is 2.80. The maximum Gasteiger partial charge on any atom is 0.242 e. The van der Waals surface area contributed by atoms with Gasteiger partial charge in [-0.15, -0.1) is 0 Å². The molecule has 0 spiro atoms. The van der Waals surface area contributed by atoms with Gasteiger partial charge in [0.05, 0.1) is 5.02 Å². The van der Waals surface area contributed by atoms with Crippen molar-refractivity contribution >= 4 is 17.2 Å². The highest BCUT2D eigenvalue weighted by atomic mass is 35.5. The fourth-order valence-corrected chi connectivity index (χ4v) is 2.06. The van der Waals surface area contributed by atoms with Gasteiger partial charge < -0.3 is 10.5 Å². The van der Waals surface area contributed by atoms with Crippen LogP contribution in [0.15, 0.2) is 42.6 Å². The Hall–Kier alpha value is -2.11. The molecular weight excluding hydrogens is 281 g/mol. The fraction of sp³-hybridized carbons (Fsp3) is 0.0714. The third-order valence-corrected chi connectivity index (χ3v) is 3.20. The van der Waals surface area contributed by atoms with Gasteiger partial charge in [-0.2, -0.15) is 4.98 Å². The third kappa shape index (κ3) is 2.21. The number of pyridine rings is 1. The van der Waals surface area contributed by atoms with E-state index in [0.717, 1.165) is 11.3 Å². The van der Waals surface area contributed by atoms with E-state index in [9.17, 15) is 4.39 Å². The lowest BCUT2D eigenvalue weighted by Crippen LogP contribution is -2.02. The minimum Gasteiger partial charge on any atom is -0.437 e. The molecule has 0 saturated heterocycles. The highest BCUT2D eigenvalue weighted by Gasteiger charge is 2.13. The van der Waals surface area contributed by atoms with Crippen LogP contribution in [0.1, 0.15) is 5.69 Å². The van der Waals surface area contributed by atoms with Gasteiger partial charge in [-0.3, -0.25) is 4.40 Å². The minimum absolute atomic E-state index is 0.0476. The Labute approximate surface area is 119 Å². The second kappa shape index (κ2) is 5.11. The van der Waals surface area contributed by atoms with Crippen molar-refractivity contribution in [3.8, 4) is 11.6 Å². The van der Waals surface area contributed by atoms with Gasteiger partial charge >= 0.3 is 0 Å². The number of rotatable bonds is 3. The van der Waals surface area contributed by atoms with Crippen molar-refractivity contribution in [3.05, 3.63) is 59.1 Å². The van der Waals surface area contributed by atoms with Crippen LogP contribution in [0.25, 0.3) is 5.65 Å². The summed E-state index contributed by atoms with van der Waals surface area (Å²) in [7, 11) is 0. The molecule has 3 rings (SSSR count). The highest BCUT2D eigenvalue weighted by molar-refractivity contribution is 6.30. The molecule has 2 N–H and O–H groups in total. The standard InChI is InChI=1S/C14H11ClFN3O/c15-10-5-4-9(7-11(10)16)20-14-12(8-17)19-6-2-1-3-13(19)18-14/h1-7H,8,17H2. The first kappa shape index (κ1) is 12.9. The van der Waals surface area contributed by atoms with E-state index in [2.05, 4.69) is 4.98 Å². The number of hydrogen-bond donors (Lipinski definition) is 1. The van der Waals surface area contributed by atoms with Gasteiger partial charge in [-0.25, -0.2) is 4.39 Å². The number of nitrogens with two attached hydrogens (primary N) is 1. The van der Waals surface area contributed by atoms with Gasteiger partial charge in [0, 0.05) is 18.8 Å². The van der Waals surface area contributed by atoms with Crippen LogP contribution in [0.4, 0.5) is 4.39 Å². The average molecular weight is 292 g/mol. The summed E-state index contributed by atoms with van der Waals surface area (Å²) in [6.07, 6.45) is 1.85. The minimum atomic E-state index is -0.540. The Morgan fingerprint density at radius 2 is 2.15 bits per heavy atom. The molecule has 0 unspecified atom stereocenters. The molecule has 102 valence electrons. The van der Waals surface area contributed by atoms with E-state index < -0.39 is 5.82 Å². The van der Waals surface area contributed by atoms with Crippen molar-refractivity contribution in [2.45, 2.75) is 6.54 Å². The molecule has 0 atom stereocenters. The van der Waals surface area contributed by atoms with Gasteiger partial charge in [0.2, 0.25) is 5.88 Å². The molecule has 0 aliphatic rings. The Morgan fingerprint density at radius 3 is 2.90 bits per heavy atom. The van der Waals surface area contributed by atoms with Crippen molar-refractivity contribution in [1.82, 2.24) is 9.38 Å². The molecule has 2 aromatic heterocycles. The smallest absolute Gasteiger partial charge is 0.242 e. The number of aromatic nitrogens is 2. The van der Waals surface area contributed by atoms with Crippen LogP contribution in [-0.4, -0.2) is 9.38 Å². The van der Waals surface area contributed by atoms with Crippen LogP contribution in [0.5, 0.6) is 11.6 Å². The molecule has 0 radical (unpaired) electrons. The zero-order valence-corrected chi connectivity index (χ0v) is 11.1.